The maximum atomic E-state index is 13.6. The second kappa shape index (κ2) is 10.8. The SMILES string of the molecule is CCOC(=O)c1ccc(NC(=O)N(CCc2ccccc2)c2ccc3c(c2)C(C)(C)CCC3(C)C)cc1. The predicted molar refractivity (Wildman–Crippen MR) is 151 cm³/mol. The monoisotopic (exact) mass is 498 g/mol. The van der Waals surface area contributed by atoms with Crippen LogP contribution in [0.15, 0.2) is 72.8 Å². The number of benzene rings is 3. The Labute approximate surface area is 220 Å². The van der Waals surface area contributed by atoms with Crippen LogP contribution in [0.2, 0.25) is 0 Å². The van der Waals surface area contributed by atoms with Gasteiger partial charge in [0.1, 0.15) is 0 Å². The number of nitrogens with one attached hydrogen (secondary N) is 1. The summed E-state index contributed by atoms with van der Waals surface area (Å²) in [5, 5.41) is 3.03. The third kappa shape index (κ3) is 6.04. The van der Waals surface area contributed by atoms with Crippen LogP contribution in [0.4, 0.5) is 16.2 Å². The molecule has 0 unspecified atom stereocenters. The Bertz CT molecular complexity index is 1250. The normalized spacial score (nSPS) is 15.4. The van der Waals surface area contributed by atoms with Crippen LogP contribution < -0.4 is 10.2 Å². The molecule has 0 aromatic heterocycles. The van der Waals surface area contributed by atoms with Gasteiger partial charge in [-0.05, 0) is 90.1 Å². The number of fused-ring (bicyclic) bond motifs is 1. The van der Waals surface area contributed by atoms with E-state index in [0.717, 1.165) is 24.9 Å². The number of esters is 1. The van der Waals surface area contributed by atoms with Gasteiger partial charge in [-0.15, -0.1) is 0 Å². The first-order valence-electron chi connectivity index (χ1n) is 13.2. The van der Waals surface area contributed by atoms with Crippen molar-refractivity contribution in [1.29, 1.82) is 0 Å². The van der Waals surface area contributed by atoms with Gasteiger partial charge in [0.25, 0.3) is 0 Å². The van der Waals surface area contributed by atoms with E-state index in [1.165, 1.54) is 16.7 Å². The van der Waals surface area contributed by atoms with Crippen LogP contribution in [-0.4, -0.2) is 25.2 Å². The van der Waals surface area contributed by atoms with Gasteiger partial charge < -0.3 is 10.1 Å². The van der Waals surface area contributed by atoms with Gasteiger partial charge in [-0.25, -0.2) is 9.59 Å². The van der Waals surface area contributed by atoms with Gasteiger partial charge in [0.15, 0.2) is 0 Å². The first kappa shape index (κ1) is 26.5. The fourth-order valence-electron chi connectivity index (χ4n) is 5.07. The minimum absolute atomic E-state index is 0.0470. The summed E-state index contributed by atoms with van der Waals surface area (Å²) in [7, 11) is 0. The number of hydrogen-bond acceptors (Lipinski definition) is 3. The average molecular weight is 499 g/mol. The Morgan fingerprint density at radius 1 is 0.865 bits per heavy atom. The number of hydrogen-bond donors (Lipinski definition) is 1. The minimum Gasteiger partial charge on any atom is -0.462 e. The molecule has 5 heteroatoms. The first-order chi connectivity index (χ1) is 17.6. The summed E-state index contributed by atoms with van der Waals surface area (Å²) in [6, 6.07) is 23.3. The Morgan fingerprint density at radius 3 is 2.16 bits per heavy atom. The van der Waals surface area contributed by atoms with E-state index >= 15 is 0 Å². The van der Waals surface area contributed by atoms with Gasteiger partial charge in [-0.3, -0.25) is 4.90 Å². The van der Waals surface area contributed by atoms with E-state index in [0.29, 0.717) is 24.4 Å². The second-order valence-electron chi connectivity index (χ2n) is 11.1. The maximum Gasteiger partial charge on any atom is 0.338 e. The minimum atomic E-state index is -0.371. The van der Waals surface area contributed by atoms with Crippen molar-refractivity contribution in [2.24, 2.45) is 0 Å². The number of urea groups is 1. The molecule has 0 saturated heterocycles. The number of anilines is 2. The molecule has 5 nitrogen and oxygen atoms in total. The highest BCUT2D eigenvalue weighted by molar-refractivity contribution is 6.02. The number of carbonyl (C=O) groups excluding carboxylic acids is 2. The van der Waals surface area contributed by atoms with Crippen molar-refractivity contribution in [2.75, 3.05) is 23.4 Å². The Kier molecular flexibility index (Phi) is 7.72. The smallest absolute Gasteiger partial charge is 0.338 e. The molecular weight excluding hydrogens is 460 g/mol. The third-order valence-electron chi connectivity index (χ3n) is 7.51. The zero-order valence-electron chi connectivity index (χ0n) is 22.6. The summed E-state index contributed by atoms with van der Waals surface area (Å²) in [6.45, 7) is 11.8. The van der Waals surface area contributed by atoms with E-state index < -0.39 is 0 Å². The van der Waals surface area contributed by atoms with Crippen molar-refractivity contribution in [3.63, 3.8) is 0 Å². The van der Waals surface area contributed by atoms with Crippen molar-refractivity contribution in [1.82, 2.24) is 0 Å². The van der Waals surface area contributed by atoms with Crippen LogP contribution in [0.1, 0.15) is 74.5 Å². The largest absolute Gasteiger partial charge is 0.462 e. The maximum absolute atomic E-state index is 13.6. The van der Waals surface area contributed by atoms with E-state index in [-0.39, 0.29) is 22.8 Å². The lowest BCUT2D eigenvalue weighted by Gasteiger charge is -2.42. The van der Waals surface area contributed by atoms with Crippen molar-refractivity contribution in [3.8, 4) is 0 Å². The molecule has 37 heavy (non-hydrogen) atoms. The fraction of sp³-hybridized carbons (Fsp3) is 0.375. The summed E-state index contributed by atoms with van der Waals surface area (Å²) in [4.78, 5) is 27.4. The lowest BCUT2D eigenvalue weighted by Crippen LogP contribution is -2.38. The molecule has 1 N–H and O–H groups in total. The first-order valence-corrected chi connectivity index (χ1v) is 13.2. The topological polar surface area (TPSA) is 58.6 Å². The van der Waals surface area contributed by atoms with E-state index in [1.807, 2.05) is 23.1 Å². The molecule has 1 aliphatic rings. The molecule has 0 fully saturated rings. The number of rotatable bonds is 7. The molecule has 0 aliphatic heterocycles. The second-order valence-corrected chi connectivity index (χ2v) is 11.1. The quantitative estimate of drug-likeness (QED) is 0.343. The van der Waals surface area contributed by atoms with Crippen LogP contribution in [0.5, 0.6) is 0 Å². The number of ether oxygens (including phenoxy) is 1. The molecule has 0 radical (unpaired) electrons. The van der Waals surface area contributed by atoms with Crippen LogP contribution >= 0.6 is 0 Å². The van der Waals surface area contributed by atoms with Crippen LogP contribution in [0, 0.1) is 0 Å². The number of amides is 2. The summed E-state index contributed by atoms with van der Waals surface area (Å²) in [6.07, 6.45) is 2.99. The Balaban J connectivity index is 1.63. The average Bonchev–Trinajstić information content (AvgIpc) is 2.88. The highest BCUT2D eigenvalue weighted by Gasteiger charge is 2.37. The molecule has 194 valence electrons. The fourth-order valence-corrected chi connectivity index (χ4v) is 5.07. The standard InChI is InChI=1S/C32H38N2O3/c1-6-37-29(35)24-12-14-25(15-13-24)33-30(36)34(21-18-23-10-8-7-9-11-23)26-16-17-27-28(22-26)32(4,5)20-19-31(27,2)3/h7-17,22H,6,18-21H2,1-5H3,(H,33,36). The van der Waals surface area contributed by atoms with Crippen LogP contribution in [0.25, 0.3) is 0 Å². The molecule has 2 amide bonds. The zero-order valence-corrected chi connectivity index (χ0v) is 22.6. The van der Waals surface area contributed by atoms with Gasteiger partial charge in [-0.2, -0.15) is 0 Å². The molecule has 0 saturated carbocycles. The third-order valence-corrected chi connectivity index (χ3v) is 7.51. The van der Waals surface area contributed by atoms with Crippen LogP contribution in [0.3, 0.4) is 0 Å². The Hall–Kier alpha value is -3.60. The Morgan fingerprint density at radius 2 is 1.51 bits per heavy atom. The molecule has 0 bridgehead atoms. The van der Waals surface area contributed by atoms with E-state index in [9.17, 15) is 9.59 Å². The van der Waals surface area contributed by atoms with Gasteiger partial charge in [0.05, 0.1) is 12.2 Å². The van der Waals surface area contributed by atoms with Gasteiger partial charge in [0, 0.05) is 17.9 Å². The molecule has 3 aromatic carbocycles. The molecule has 0 heterocycles. The number of nitrogens with zero attached hydrogens (tertiary/aromatic N) is 1. The van der Waals surface area contributed by atoms with Crippen molar-refractivity contribution >= 4 is 23.4 Å². The number of carbonyl (C=O) groups is 2. The van der Waals surface area contributed by atoms with Crippen molar-refractivity contribution in [3.05, 3.63) is 95.1 Å². The van der Waals surface area contributed by atoms with Gasteiger partial charge in [-0.1, -0.05) is 64.1 Å². The molecule has 4 rings (SSSR count). The highest BCUT2D eigenvalue weighted by Crippen LogP contribution is 2.46. The summed E-state index contributed by atoms with van der Waals surface area (Å²) in [5.41, 5.74) is 6.00. The van der Waals surface area contributed by atoms with E-state index in [2.05, 4.69) is 63.3 Å². The summed E-state index contributed by atoms with van der Waals surface area (Å²) in [5.74, 6) is -0.371. The molecule has 0 spiro atoms. The van der Waals surface area contributed by atoms with Gasteiger partial charge in [0.2, 0.25) is 0 Å². The van der Waals surface area contributed by atoms with Crippen molar-refractivity contribution in [2.45, 2.75) is 64.7 Å². The van der Waals surface area contributed by atoms with E-state index in [1.54, 1.807) is 31.2 Å². The summed E-state index contributed by atoms with van der Waals surface area (Å²) < 4.78 is 5.06. The molecular formula is C32H38N2O3. The molecule has 3 aromatic rings. The highest BCUT2D eigenvalue weighted by atomic mass is 16.5. The van der Waals surface area contributed by atoms with Crippen molar-refractivity contribution < 1.29 is 14.3 Å². The van der Waals surface area contributed by atoms with E-state index in [4.69, 9.17) is 4.74 Å². The lowest BCUT2D eigenvalue weighted by atomic mass is 9.63. The summed E-state index contributed by atoms with van der Waals surface area (Å²) >= 11 is 0. The lowest BCUT2D eigenvalue weighted by molar-refractivity contribution is 0.0526. The predicted octanol–water partition coefficient (Wildman–Crippen LogP) is 7.49. The van der Waals surface area contributed by atoms with Gasteiger partial charge >= 0.3 is 12.0 Å². The molecule has 0 atom stereocenters. The van der Waals surface area contributed by atoms with Crippen LogP contribution in [-0.2, 0) is 22.0 Å². The zero-order chi connectivity index (χ0) is 26.6. The molecule has 1 aliphatic carbocycles.